The summed E-state index contributed by atoms with van der Waals surface area (Å²) in [5.41, 5.74) is 1.84. The molecule has 2 N–H and O–H groups in total. The average Bonchev–Trinajstić information content (AvgIpc) is 2.43. The van der Waals surface area contributed by atoms with Crippen LogP contribution in [0.2, 0.25) is 0 Å². The Morgan fingerprint density at radius 2 is 2.00 bits per heavy atom. The average molecular weight is 290 g/mol. The largest absolute Gasteiger partial charge is 0.375 e. The molecule has 0 radical (unpaired) electrons. The Labute approximate surface area is 127 Å². The topological polar surface area (TPSA) is 50.4 Å². The molecule has 0 aliphatic carbocycles. The number of carbonyl (C=O) groups excluding carboxylic acids is 1. The lowest BCUT2D eigenvalue weighted by Gasteiger charge is -2.36. The highest BCUT2D eigenvalue weighted by molar-refractivity contribution is 5.94. The zero-order valence-corrected chi connectivity index (χ0v) is 13.2. The predicted molar refractivity (Wildman–Crippen MR) is 84.6 cm³/mol. The molecule has 2 rings (SSSR count). The molecule has 21 heavy (non-hydrogen) atoms. The first-order valence-electron chi connectivity index (χ1n) is 7.68. The van der Waals surface area contributed by atoms with Crippen molar-refractivity contribution < 1.29 is 9.53 Å². The van der Waals surface area contributed by atoms with Gasteiger partial charge in [0.05, 0.1) is 5.60 Å². The Balaban J connectivity index is 1.67. The molecule has 4 nitrogen and oxygen atoms in total. The highest BCUT2D eigenvalue weighted by atomic mass is 16.5. The van der Waals surface area contributed by atoms with Crippen LogP contribution < -0.4 is 10.6 Å². The van der Waals surface area contributed by atoms with Gasteiger partial charge in [-0.15, -0.1) is 0 Å². The monoisotopic (exact) mass is 290 g/mol. The maximum absolute atomic E-state index is 12.0. The van der Waals surface area contributed by atoms with Gasteiger partial charge in [-0.1, -0.05) is 17.7 Å². The van der Waals surface area contributed by atoms with E-state index in [1.807, 2.05) is 31.2 Å². The molecular formula is C17H26N2O2. The minimum atomic E-state index is -0.0406. The fourth-order valence-corrected chi connectivity index (χ4v) is 2.67. The second kappa shape index (κ2) is 7.05. The van der Waals surface area contributed by atoms with Crippen LogP contribution in [0.1, 0.15) is 42.6 Å². The van der Waals surface area contributed by atoms with Crippen LogP contribution in [0.5, 0.6) is 0 Å². The summed E-state index contributed by atoms with van der Waals surface area (Å²) in [5.74, 6) is -0.0101. The van der Waals surface area contributed by atoms with Crippen LogP contribution in [0.15, 0.2) is 24.3 Å². The summed E-state index contributed by atoms with van der Waals surface area (Å²) < 4.78 is 5.70. The summed E-state index contributed by atoms with van der Waals surface area (Å²) in [6.45, 7) is 8.50. The van der Waals surface area contributed by atoms with E-state index in [-0.39, 0.29) is 11.5 Å². The Kier molecular flexibility index (Phi) is 5.37. The quantitative estimate of drug-likeness (QED) is 0.818. The van der Waals surface area contributed by atoms with Crippen molar-refractivity contribution in [2.75, 3.05) is 19.7 Å². The third-order valence-corrected chi connectivity index (χ3v) is 3.85. The van der Waals surface area contributed by atoms with Gasteiger partial charge in [-0.3, -0.25) is 4.79 Å². The van der Waals surface area contributed by atoms with E-state index >= 15 is 0 Å². The van der Waals surface area contributed by atoms with Gasteiger partial charge in [-0.05, 0) is 45.7 Å². The second-order valence-electron chi connectivity index (χ2n) is 6.37. The molecule has 0 aromatic heterocycles. The van der Waals surface area contributed by atoms with Crippen LogP contribution in [-0.2, 0) is 4.74 Å². The van der Waals surface area contributed by atoms with Crippen LogP contribution >= 0.6 is 0 Å². The predicted octanol–water partition coefficient (Wildman–Crippen LogP) is 2.27. The van der Waals surface area contributed by atoms with E-state index in [1.54, 1.807) is 0 Å². The van der Waals surface area contributed by atoms with Gasteiger partial charge in [0, 0.05) is 31.3 Å². The summed E-state index contributed by atoms with van der Waals surface area (Å²) in [6, 6.07) is 8.11. The first-order chi connectivity index (χ1) is 9.96. The van der Waals surface area contributed by atoms with Crippen LogP contribution in [0, 0.1) is 6.92 Å². The van der Waals surface area contributed by atoms with Crippen LogP contribution in [-0.4, -0.2) is 37.2 Å². The van der Waals surface area contributed by atoms with Gasteiger partial charge >= 0.3 is 0 Å². The molecule has 1 unspecified atom stereocenters. The van der Waals surface area contributed by atoms with Crippen molar-refractivity contribution in [1.29, 1.82) is 0 Å². The van der Waals surface area contributed by atoms with Crippen molar-refractivity contribution in [1.82, 2.24) is 10.6 Å². The number of benzene rings is 1. The molecule has 0 bridgehead atoms. The molecule has 1 aromatic rings. The van der Waals surface area contributed by atoms with E-state index in [4.69, 9.17) is 4.74 Å². The fourth-order valence-electron chi connectivity index (χ4n) is 2.67. The lowest BCUT2D eigenvalue weighted by atomic mass is 9.94. The maximum Gasteiger partial charge on any atom is 0.251 e. The van der Waals surface area contributed by atoms with Gasteiger partial charge in [-0.2, -0.15) is 0 Å². The van der Waals surface area contributed by atoms with E-state index in [0.717, 1.165) is 31.6 Å². The smallest absolute Gasteiger partial charge is 0.251 e. The zero-order valence-electron chi connectivity index (χ0n) is 13.2. The molecule has 1 aromatic carbocycles. The summed E-state index contributed by atoms with van der Waals surface area (Å²) in [5, 5.41) is 6.44. The van der Waals surface area contributed by atoms with Gasteiger partial charge in [0.15, 0.2) is 0 Å². The number of nitrogens with one attached hydrogen (secondary N) is 2. The van der Waals surface area contributed by atoms with Crippen molar-refractivity contribution in [2.45, 2.75) is 45.3 Å². The third kappa shape index (κ3) is 5.14. The van der Waals surface area contributed by atoms with E-state index in [2.05, 4.69) is 24.5 Å². The minimum Gasteiger partial charge on any atom is -0.375 e. The standard InChI is InChI=1S/C17H26N2O2/c1-13-4-6-14(7-5-13)16(20)19-10-9-18-15-8-11-21-17(2,3)12-15/h4-7,15,18H,8-12H2,1-3H3,(H,19,20). The first-order valence-corrected chi connectivity index (χ1v) is 7.68. The highest BCUT2D eigenvalue weighted by Gasteiger charge is 2.28. The molecule has 1 atom stereocenters. The van der Waals surface area contributed by atoms with Gasteiger partial charge in [0.1, 0.15) is 0 Å². The molecule has 116 valence electrons. The summed E-state index contributed by atoms with van der Waals surface area (Å²) >= 11 is 0. The van der Waals surface area contributed by atoms with Crippen LogP contribution in [0.4, 0.5) is 0 Å². The molecule has 1 fully saturated rings. The Bertz CT molecular complexity index is 468. The lowest BCUT2D eigenvalue weighted by Crippen LogP contribution is -2.45. The Morgan fingerprint density at radius 3 is 2.67 bits per heavy atom. The summed E-state index contributed by atoms with van der Waals surface area (Å²) in [6.07, 6.45) is 2.05. The van der Waals surface area contributed by atoms with Crippen molar-refractivity contribution in [3.63, 3.8) is 0 Å². The number of ether oxygens (including phenoxy) is 1. The molecule has 1 aliphatic rings. The molecule has 1 aliphatic heterocycles. The van der Waals surface area contributed by atoms with Crippen LogP contribution in [0.3, 0.4) is 0 Å². The number of hydrogen-bond acceptors (Lipinski definition) is 3. The van der Waals surface area contributed by atoms with Crippen molar-refractivity contribution in [2.24, 2.45) is 0 Å². The summed E-state index contributed by atoms with van der Waals surface area (Å²) in [7, 11) is 0. The molecule has 4 heteroatoms. The molecule has 0 spiro atoms. The van der Waals surface area contributed by atoms with Crippen molar-refractivity contribution in [3.05, 3.63) is 35.4 Å². The van der Waals surface area contributed by atoms with E-state index in [9.17, 15) is 4.79 Å². The van der Waals surface area contributed by atoms with Gasteiger partial charge in [-0.25, -0.2) is 0 Å². The molecule has 1 heterocycles. The van der Waals surface area contributed by atoms with Gasteiger partial charge in [0.25, 0.3) is 5.91 Å². The first kappa shape index (κ1) is 16.0. The van der Waals surface area contributed by atoms with Gasteiger partial charge < -0.3 is 15.4 Å². The fraction of sp³-hybridized carbons (Fsp3) is 0.588. The molecule has 1 saturated heterocycles. The van der Waals surface area contributed by atoms with E-state index in [0.29, 0.717) is 18.2 Å². The Morgan fingerprint density at radius 1 is 1.29 bits per heavy atom. The molecule has 0 saturated carbocycles. The number of amides is 1. The third-order valence-electron chi connectivity index (χ3n) is 3.85. The summed E-state index contributed by atoms with van der Waals surface area (Å²) in [4.78, 5) is 12.0. The zero-order chi connectivity index (χ0) is 15.3. The van der Waals surface area contributed by atoms with E-state index < -0.39 is 0 Å². The molecular weight excluding hydrogens is 264 g/mol. The SMILES string of the molecule is Cc1ccc(C(=O)NCCNC2CCOC(C)(C)C2)cc1. The highest BCUT2D eigenvalue weighted by Crippen LogP contribution is 2.23. The normalized spacial score (nSPS) is 21.0. The van der Waals surface area contributed by atoms with Crippen molar-refractivity contribution >= 4 is 5.91 Å². The Hall–Kier alpha value is -1.39. The molecule has 1 amide bonds. The number of hydrogen-bond donors (Lipinski definition) is 2. The van der Waals surface area contributed by atoms with Crippen molar-refractivity contribution in [3.8, 4) is 0 Å². The van der Waals surface area contributed by atoms with E-state index in [1.165, 1.54) is 0 Å². The lowest BCUT2D eigenvalue weighted by molar-refractivity contribution is -0.0627. The van der Waals surface area contributed by atoms with Crippen LogP contribution in [0.25, 0.3) is 0 Å². The maximum atomic E-state index is 12.0. The number of rotatable bonds is 5. The second-order valence-corrected chi connectivity index (χ2v) is 6.37. The number of aryl methyl sites for hydroxylation is 1. The minimum absolute atomic E-state index is 0.0101. The number of carbonyl (C=O) groups is 1. The van der Waals surface area contributed by atoms with Gasteiger partial charge in [0.2, 0.25) is 0 Å².